The van der Waals surface area contributed by atoms with Gasteiger partial charge in [0, 0.05) is 38.0 Å². The topological polar surface area (TPSA) is 53.4 Å². The summed E-state index contributed by atoms with van der Waals surface area (Å²) in [6.45, 7) is 0.946. The zero-order chi connectivity index (χ0) is 14.9. The molecule has 0 N–H and O–H groups in total. The van der Waals surface area contributed by atoms with Gasteiger partial charge in [-0.2, -0.15) is 5.10 Å². The number of esters is 1. The molecule has 21 heavy (non-hydrogen) atoms. The van der Waals surface area contributed by atoms with Gasteiger partial charge in [-0.05, 0) is 18.2 Å². The Morgan fingerprint density at radius 1 is 1.29 bits per heavy atom. The van der Waals surface area contributed by atoms with Crippen LogP contribution in [0.4, 0.5) is 0 Å². The van der Waals surface area contributed by atoms with Crippen molar-refractivity contribution >= 4 is 12.0 Å². The van der Waals surface area contributed by atoms with E-state index in [1.807, 2.05) is 36.5 Å². The third-order valence-corrected chi connectivity index (χ3v) is 2.77. The molecule has 0 spiro atoms. The fourth-order valence-electron chi connectivity index (χ4n) is 1.73. The summed E-state index contributed by atoms with van der Waals surface area (Å²) in [5.74, 6) is -0.362. The third kappa shape index (κ3) is 4.89. The molecule has 0 aliphatic heterocycles. The Morgan fingerprint density at radius 3 is 2.86 bits per heavy atom. The van der Waals surface area contributed by atoms with E-state index in [0.29, 0.717) is 19.6 Å². The van der Waals surface area contributed by atoms with Crippen molar-refractivity contribution in [3.63, 3.8) is 0 Å². The lowest BCUT2D eigenvalue weighted by Gasteiger charge is -2.00. The zero-order valence-corrected chi connectivity index (χ0v) is 11.9. The average Bonchev–Trinajstić information content (AvgIpc) is 2.99. The molecule has 0 aliphatic carbocycles. The molecule has 110 valence electrons. The van der Waals surface area contributed by atoms with Gasteiger partial charge >= 0.3 is 5.97 Å². The Kier molecular flexibility index (Phi) is 5.72. The van der Waals surface area contributed by atoms with Crippen molar-refractivity contribution in [1.82, 2.24) is 9.78 Å². The summed E-state index contributed by atoms with van der Waals surface area (Å²) in [5, 5.41) is 4.25. The van der Waals surface area contributed by atoms with Gasteiger partial charge in [0.15, 0.2) is 0 Å². The number of ether oxygens (including phenoxy) is 2. The summed E-state index contributed by atoms with van der Waals surface area (Å²) in [4.78, 5) is 11.5. The van der Waals surface area contributed by atoms with E-state index in [0.717, 1.165) is 11.3 Å². The normalized spacial score (nSPS) is 10.9. The van der Waals surface area contributed by atoms with Gasteiger partial charge in [0.05, 0.1) is 18.5 Å². The maximum absolute atomic E-state index is 11.5. The van der Waals surface area contributed by atoms with Gasteiger partial charge in [-0.15, -0.1) is 0 Å². The number of hydrogen-bond acceptors (Lipinski definition) is 4. The number of rotatable bonds is 7. The van der Waals surface area contributed by atoms with E-state index >= 15 is 0 Å². The lowest BCUT2D eigenvalue weighted by molar-refractivity contribution is -0.138. The van der Waals surface area contributed by atoms with Crippen LogP contribution in [0.2, 0.25) is 0 Å². The van der Waals surface area contributed by atoms with Crippen molar-refractivity contribution < 1.29 is 14.3 Å². The lowest BCUT2D eigenvalue weighted by atomic mass is 10.3. The molecule has 1 aromatic heterocycles. The van der Waals surface area contributed by atoms with Crippen LogP contribution in [0, 0.1) is 0 Å². The highest BCUT2D eigenvalue weighted by atomic mass is 16.5. The molecule has 5 nitrogen and oxygen atoms in total. The second kappa shape index (κ2) is 8.01. The van der Waals surface area contributed by atoms with Crippen LogP contribution in [-0.4, -0.2) is 36.1 Å². The summed E-state index contributed by atoms with van der Waals surface area (Å²) < 4.78 is 11.7. The van der Waals surface area contributed by atoms with Crippen LogP contribution >= 0.6 is 0 Å². The Balaban J connectivity index is 1.87. The minimum Gasteiger partial charge on any atom is -0.462 e. The van der Waals surface area contributed by atoms with Crippen molar-refractivity contribution in [2.24, 2.45) is 0 Å². The quantitative estimate of drug-likeness (QED) is 0.446. The molecule has 0 radical (unpaired) electrons. The van der Waals surface area contributed by atoms with Crippen LogP contribution in [0.25, 0.3) is 11.8 Å². The molecule has 5 heteroatoms. The Labute approximate surface area is 123 Å². The molecule has 2 aromatic rings. The molecular weight excluding hydrogens is 268 g/mol. The highest BCUT2D eigenvalue weighted by molar-refractivity contribution is 5.86. The van der Waals surface area contributed by atoms with Gasteiger partial charge in [0.25, 0.3) is 0 Å². The monoisotopic (exact) mass is 286 g/mol. The van der Waals surface area contributed by atoms with Crippen molar-refractivity contribution in [3.05, 3.63) is 54.4 Å². The molecule has 0 amide bonds. The summed E-state index contributed by atoms with van der Waals surface area (Å²) in [6.07, 6.45) is 7.33. The van der Waals surface area contributed by atoms with E-state index in [1.54, 1.807) is 24.1 Å². The number of para-hydroxylation sites is 1. The lowest BCUT2D eigenvalue weighted by Crippen LogP contribution is -2.04. The van der Waals surface area contributed by atoms with E-state index in [4.69, 9.17) is 9.47 Å². The summed E-state index contributed by atoms with van der Waals surface area (Å²) in [5.41, 5.74) is 1.81. The standard InChI is InChI=1S/C16H18N2O3/c1-20-10-5-11-21-16(19)9-8-14-12-17-18(13-14)15-6-3-2-4-7-15/h2-4,6-9,12-13H,5,10-11H2,1H3/b9-8+. The van der Waals surface area contributed by atoms with Crippen LogP contribution in [0.1, 0.15) is 12.0 Å². The third-order valence-electron chi connectivity index (χ3n) is 2.77. The molecule has 0 bridgehead atoms. The zero-order valence-electron chi connectivity index (χ0n) is 11.9. The van der Waals surface area contributed by atoms with E-state index in [2.05, 4.69) is 5.10 Å². The molecule has 0 saturated heterocycles. The van der Waals surface area contributed by atoms with Crippen LogP contribution in [-0.2, 0) is 14.3 Å². The smallest absolute Gasteiger partial charge is 0.330 e. The van der Waals surface area contributed by atoms with Gasteiger partial charge in [-0.3, -0.25) is 0 Å². The van der Waals surface area contributed by atoms with Gasteiger partial charge in [0.1, 0.15) is 0 Å². The fourth-order valence-corrected chi connectivity index (χ4v) is 1.73. The number of carbonyl (C=O) groups excluding carboxylic acids is 1. The molecule has 0 fully saturated rings. The predicted molar refractivity (Wildman–Crippen MR) is 80.1 cm³/mol. The second-order valence-corrected chi connectivity index (χ2v) is 4.40. The highest BCUT2D eigenvalue weighted by Crippen LogP contribution is 2.08. The average molecular weight is 286 g/mol. The number of methoxy groups -OCH3 is 1. The number of nitrogens with zero attached hydrogens (tertiary/aromatic N) is 2. The first kappa shape index (κ1) is 15.0. The minimum atomic E-state index is -0.362. The number of aromatic nitrogens is 2. The van der Waals surface area contributed by atoms with Gasteiger partial charge in [0.2, 0.25) is 0 Å². The molecule has 0 aliphatic rings. The van der Waals surface area contributed by atoms with E-state index < -0.39 is 0 Å². The van der Waals surface area contributed by atoms with Crippen molar-refractivity contribution in [3.8, 4) is 5.69 Å². The van der Waals surface area contributed by atoms with Crippen LogP contribution in [0.5, 0.6) is 0 Å². The summed E-state index contributed by atoms with van der Waals surface area (Å²) in [7, 11) is 1.62. The fraction of sp³-hybridized carbons (Fsp3) is 0.250. The first-order valence-electron chi connectivity index (χ1n) is 6.73. The molecule has 0 unspecified atom stereocenters. The first-order chi connectivity index (χ1) is 10.3. The van der Waals surface area contributed by atoms with E-state index in [-0.39, 0.29) is 5.97 Å². The maximum atomic E-state index is 11.5. The molecule has 0 saturated carbocycles. The van der Waals surface area contributed by atoms with Crippen molar-refractivity contribution in [1.29, 1.82) is 0 Å². The molecule has 2 rings (SSSR count). The van der Waals surface area contributed by atoms with E-state index in [1.165, 1.54) is 6.08 Å². The molecule has 0 atom stereocenters. The minimum absolute atomic E-state index is 0.361. The number of carbonyl (C=O) groups is 1. The van der Waals surface area contributed by atoms with E-state index in [9.17, 15) is 4.79 Å². The van der Waals surface area contributed by atoms with Gasteiger partial charge in [-0.25, -0.2) is 9.48 Å². The Hall–Kier alpha value is -2.40. The van der Waals surface area contributed by atoms with Crippen molar-refractivity contribution in [2.75, 3.05) is 20.3 Å². The predicted octanol–water partition coefficient (Wildman–Crippen LogP) is 2.47. The number of hydrogen-bond donors (Lipinski definition) is 0. The van der Waals surface area contributed by atoms with Gasteiger partial charge in [-0.1, -0.05) is 18.2 Å². The number of benzene rings is 1. The van der Waals surface area contributed by atoms with Crippen LogP contribution in [0.15, 0.2) is 48.8 Å². The van der Waals surface area contributed by atoms with Gasteiger partial charge < -0.3 is 9.47 Å². The van der Waals surface area contributed by atoms with Crippen LogP contribution in [0.3, 0.4) is 0 Å². The van der Waals surface area contributed by atoms with Crippen LogP contribution < -0.4 is 0 Å². The first-order valence-corrected chi connectivity index (χ1v) is 6.73. The van der Waals surface area contributed by atoms with Crippen molar-refractivity contribution in [2.45, 2.75) is 6.42 Å². The molecule has 1 aromatic carbocycles. The second-order valence-electron chi connectivity index (χ2n) is 4.40. The molecule has 1 heterocycles. The highest BCUT2D eigenvalue weighted by Gasteiger charge is 2.00. The SMILES string of the molecule is COCCCOC(=O)/C=C/c1cnn(-c2ccccc2)c1. The summed E-state index contributed by atoms with van der Waals surface area (Å²) >= 11 is 0. The summed E-state index contributed by atoms with van der Waals surface area (Å²) in [6, 6.07) is 9.77. The Morgan fingerprint density at radius 2 is 2.10 bits per heavy atom. The molecular formula is C16H18N2O3. The maximum Gasteiger partial charge on any atom is 0.330 e. The largest absolute Gasteiger partial charge is 0.462 e. The Bertz CT molecular complexity index is 591.